The van der Waals surface area contributed by atoms with Crippen LogP contribution in [0.4, 0.5) is 0 Å². The van der Waals surface area contributed by atoms with Crippen LogP contribution in [0.15, 0.2) is 16.8 Å². The van der Waals surface area contributed by atoms with E-state index in [2.05, 4.69) is 17.6 Å². The Morgan fingerprint density at radius 3 is 3.00 bits per heavy atom. The van der Waals surface area contributed by atoms with Gasteiger partial charge in [-0.2, -0.15) is 11.3 Å². The molecule has 118 valence electrons. The van der Waals surface area contributed by atoms with Crippen molar-refractivity contribution in [3.63, 3.8) is 0 Å². The van der Waals surface area contributed by atoms with Crippen molar-refractivity contribution >= 4 is 35.6 Å². The normalized spacial score (nSPS) is 18.0. The van der Waals surface area contributed by atoms with Gasteiger partial charge in [0.25, 0.3) is 5.91 Å². The monoisotopic (exact) mass is 331 g/mol. The molecule has 1 aliphatic heterocycles. The van der Waals surface area contributed by atoms with Crippen LogP contribution in [0.3, 0.4) is 0 Å². The molecule has 0 aromatic carbocycles. The molecule has 2 N–H and O–H groups in total. The average Bonchev–Trinajstić information content (AvgIpc) is 2.98. The molecule has 0 radical (unpaired) electrons. The van der Waals surface area contributed by atoms with Gasteiger partial charge >= 0.3 is 0 Å². The van der Waals surface area contributed by atoms with Gasteiger partial charge in [-0.05, 0) is 24.8 Å². The molecule has 5 nitrogen and oxygen atoms in total. The highest BCUT2D eigenvalue weighted by Crippen LogP contribution is 2.07. The first kappa shape index (κ1) is 17.9. The van der Waals surface area contributed by atoms with Crippen molar-refractivity contribution in [3.05, 3.63) is 22.4 Å². The maximum atomic E-state index is 12.1. The first-order valence-electron chi connectivity index (χ1n) is 6.99. The number of amides is 2. The molecule has 0 spiro atoms. The van der Waals surface area contributed by atoms with Crippen LogP contribution in [0.5, 0.6) is 0 Å². The Morgan fingerprint density at radius 1 is 1.52 bits per heavy atom. The predicted octanol–water partition coefficient (Wildman–Crippen LogP) is 1.50. The number of halogens is 1. The molecule has 1 aromatic rings. The zero-order chi connectivity index (χ0) is 14.4. The average molecular weight is 332 g/mol. The number of thiophene rings is 1. The van der Waals surface area contributed by atoms with Crippen LogP contribution in [0, 0.1) is 0 Å². The largest absolute Gasteiger partial charge is 0.352 e. The Bertz CT molecular complexity index is 453. The molecule has 1 fully saturated rings. The molecular formula is C14H22ClN3O2S. The van der Waals surface area contributed by atoms with Crippen molar-refractivity contribution < 1.29 is 9.59 Å². The topological polar surface area (TPSA) is 61.4 Å². The number of carbonyl (C=O) groups excluding carboxylic acids is 2. The summed E-state index contributed by atoms with van der Waals surface area (Å²) in [7, 11) is 0. The van der Waals surface area contributed by atoms with Gasteiger partial charge in [-0.25, -0.2) is 0 Å². The molecule has 1 unspecified atom stereocenters. The van der Waals surface area contributed by atoms with Gasteiger partial charge in [-0.15, -0.1) is 12.4 Å². The Labute approximate surface area is 135 Å². The molecule has 2 heterocycles. The molecule has 2 rings (SSSR count). The Hall–Kier alpha value is -1.11. The summed E-state index contributed by atoms with van der Waals surface area (Å²) in [5.41, 5.74) is 0.692. The fourth-order valence-corrected chi connectivity index (χ4v) is 2.93. The van der Waals surface area contributed by atoms with Gasteiger partial charge < -0.3 is 15.5 Å². The third kappa shape index (κ3) is 5.30. The molecule has 0 aliphatic carbocycles. The van der Waals surface area contributed by atoms with Crippen molar-refractivity contribution in [1.29, 1.82) is 0 Å². The zero-order valence-electron chi connectivity index (χ0n) is 12.1. The second-order valence-electron chi connectivity index (χ2n) is 5.01. The first-order chi connectivity index (χ1) is 9.68. The standard InChI is InChI=1S/C14H21N3O2S.ClH/c1-11-9-15-6-7-17(11)13(18)3-2-5-16-14(19)12-4-8-20-10-12;/h4,8,10-11,15H,2-3,5-7,9H2,1H3,(H,16,19);1H. The predicted molar refractivity (Wildman–Crippen MR) is 87.2 cm³/mol. The summed E-state index contributed by atoms with van der Waals surface area (Å²) in [5.74, 6) is 0.123. The number of rotatable bonds is 5. The lowest BCUT2D eigenvalue weighted by atomic mass is 10.2. The van der Waals surface area contributed by atoms with Crippen molar-refractivity contribution in [2.45, 2.75) is 25.8 Å². The second kappa shape index (κ2) is 9.02. The minimum Gasteiger partial charge on any atom is -0.352 e. The number of piperazine rings is 1. The molecule has 1 aromatic heterocycles. The van der Waals surface area contributed by atoms with Crippen LogP contribution in [0.25, 0.3) is 0 Å². The maximum absolute atomic E-state index is 12.1. The summed E-state index contributed by atoms with van der Waals surface area (Å²) in [6.45, 7) is 5.11. The summed E-state index contributed by atoms with van der Waals surface area (Å²) < 4.78 is 0. The van der Waals surface area contributed by atoms with Crippen molar-refractivity contribution in [1.82, 2.24) is 15.5 Å². The van der Waals surface area contributed by atoms with Gasteiger partial charge in [0.15, 0.2) is 0 Å². The molecular weight excluding hydrogens is 310 g/mol. The minimum absolute atomic E-state index is 0. The number of nitrogens with zero attached hydrogens (tertiary/aromatic N) is 1. The van der Waals surface area contributed by atoms with Crippen LogP contribution in [0.1, 0.15) is 30.1 Å². The number of carbonyl (C=O) groups is 2. The van der Waals surface area contributed by atoms with E-state index in [1.54, 1.807) is 6.07 Å². The van der Waals surface area contributed by atoms with E-state index in [4.69, 9.17) is 0 Å². The van der Waals surface area contributed by atoms with E-state index in [1.807, 2.05) is 15.7 Å². The Balaban J connectivity index is 0.00000220. The molecule has 2 amide bonds. The van der Waals surface area contributed by atoms with E-state index < -0.39 is 0 Å². The third-order valence-electron chi connectivity index (χ3n) is 3.46. The van der Waals surface area contributed by atoms with E-state index in [1.165, 1.54) is 11.3 Å². The quantitative estimate of drug-likeness (QED) is 0.804. The molecule has 7 heteroatoms. The summed E-state index contributed by atoms with van der Waals surface area (Å²) in [6.07, 6.45) is 1.18. The van der Waals surface area contributed by atoms with Crippen LogP contribution in [0.2, 0.25) is 0 Å². The molecule has 1 aliphatic rings. The van der Waals surface area contributed by atoms with Crippen molar-refractivity contribution in [2.75, 3.05) is 26.2 Å². The summed E-state index contributed by atoms with van der Waals surface area (Å²) in [4.78, 5) is 25.7. The van der Waals surface area contributed by atoms with Gasteiger partial charge in [0.2, 0.25) is 5.91 Å². The maximum Gasteiger partial charge on any atom is 0.252 e. The Kier molecular flexibility index (Phi) is 7.71. The summed E-state index contributed by atoms with van der Waals surface area (Å²) >= 11 is 1.50. The number of hydrogen-bond donors (Lipinski definition) is 2. The molecule has 0 bridgehead atoms. The third-order valence-corrected chi connectivity index (χ3v) is 4.14. The van der Waals surface area contributed by atoms with Crippen molar-refractivity contribution in [3.8, 4) is 0 Å². The minimum atomic E-state index is -0.0609. The fourth-order valence-electron chi connectivity index (χ4n) is 2.29. The van der Waals surface area contributed by atoms with Gasteiger partial charge in [-0.3, -0.25) is 9.59 Å². The Morgan fingerprint density at radius 2 is 2.33 bits per heavy atom. The van der Waals surface area contributed by atoms with Crippen LogP contribution in [-0.2, 0) is 4.79 Å². The second-order valence-corrected chi connectivity index (χ2v) is 5.79. The molecule has 0 saturated carbocycles. The SMILES string of the molecule is CC1CNCCN1C(=O)CCCNC(=O)c1ccsc1.Cl. The van der Waals surface area contributed by atoms with Crippen LogP contribution in [-0.4, -0.2) is 48.9 Å². The van der Waals surface area contributed by atoms with E-state index in [9.17, 15) is 9.59 Å². The molecule has 21 heavy (non-hydrogen) atoms. The number of hydrogen-bond acceptors (Lipinski definition) is 4. The van der Waals surface area contributed by atoms with E-state index >= 15 is 0 Å². The van der Waals surface area contributed by atoms with E-state index in [-0.39, 0.29) is 30.3 Å². The van der Waals surface area contributed by atoms with Crippen LogP contribution >= 0.6 is 23.7 Å². The zero-order valence-corrected chi connectivity index (χ0v) is 13.8. The first-order valence-corrected chi connectivity index (χ1v) is 7.93. The smallest absolute Gasteiger partial charge is 0.252 e. The highest BCUT2D eigenvalue weighted by molar-refractivity contribution is 7.08. The van der Waals surface area contributed by atoms with Gasteiger partial charge in [-0.1, -0.05) is 0 Å². The lowest BCUT2D eigenvalue weighted by molar-refractivity contribution is -0.134. The molecule has 1 saturated heterocycles. The van der Waals surface area contributed by atoms with Gasteiger partial charge in [0.05, 0.1) is 0 Å². The summed E-state index contributed by atoms with van der Waals surface area (Å²) in [5, 5.41) is 9.81. The lowest BCUT2D eigenvalue weighted by Gasteiger charge is -2.34. The van der Waals surface area contributed by atoms with Gasteiger partial charge in [0.1, 0.15) is 0 Å². The van der Waals surface area contributed by atoms with E-state index in [0.717, 1.165) is 19.6 Å². The van der Waals surface area contributed by atoms with Crippen LogP contribution < -0.4 is 10.6 Å². The number of nitrogens with one attached hydrogen (secondary N) is 2. The fraction of sp³-hybridized carbons (Fsp3) is 0.571. The van der Waals surface area contributed by atoms with Gasteiger partial charge in [0, 0.05) is 49.6 Å². The highest BCUT2D eigenvalue weighted by Gasteiger charge is 2.22. The highest BCUT2D eigenvalue weighted by atomic mass is 35.5. The van der Waals surface area contributed by atoms with E-state index in [0.29, 0.717) is 24.9 Å². The molecule has 1 atom stereocenters. The lowest BCUT2D eigenvalue weighted by Crippen LogP contribution is -2.52. The van der Waals surface area contributed by atoms with Crippen molar-refractivity contribution in [2.24, 2.45) is 0 Å². The summed E-state index contributed by atoms with van der Waals surface area (Å²) in [6, 6.07) is 2.06.